The van der Waals surface area contributed by atoms with Crippen molar-refractivity contribution in [3.8, 4) is 5.75 Å². The Morgan fingerprint density at radius 3 is 2.17 bits per heavy atom. The van der Waals surface area contributed by atoms with Crippen molar-refractivity contribution < 1.29 is 17.5 Å². The molecule has 3 aromatic rings. The van der Waals surface area contributed by atoms with Crippen molar-refractivity contribution >= 4 is 15.7 Å². The fraction of sp³-hybridized carbons (Fsp3) is 0.130. The van der Waals surface area contributed by atoms with Crippen molar-refractivity contribution in [3.63, 3.8) is 0 Å². The lowest BCUT2D eigenvalue weighted by atomic mass is 10.1. The quantitative estimate of drug-likeness (QED) is 0.658. The molecule has 0 fully saturated rings. The van der Waals surface area contributed by atoms with E-state index in [2.05, 4.69) is 5.43 Å². The summed E-state index contributed by atoms with van der Waals surface area (Å²) in [6.45, 7) is 1.90. The van der Waals surface area contributed by atoms with Gasteiger partial charge in [0, 0.05) is 0 Å². The van der Waals surface area contributed by atoms with Crippen LogP contribution in [0.15, 0.2) is 83.8 Å². The van der Waals surface area contributed by atoms with E-state index in [0.29, 0.717) is 17.0 Å². The molecule has 7 heteroatoms. The molecule has 1 heterocycles. The van der Waals surface area contributed by atoms with E-state index in [4.69, 9.17) is 4.74 Å². The number of benzene rings is 3. The summed E-state index contributed by atoms with van der Waals surface area (Å²) in [5.74, 6) is 0.327. The molecule has 0 aromatic heterocycles. The van der Waals surface area contributed by atoms with Gasteiger partial charge in [-0.25, -0.2) is 12.8 Å². The number of aryl methyl sites for hydroxylation is 1. The maximum Gasteiger partial charge on any atom is 0.260 e. The van der Waals surface area contributed by atoms with E-state index in [1.165, 1.54) is 16.5 Å². The van der Waals surface area contributed by atoms with Gasteiger partial charge in [0.2, 0.25) is 0 Å². The second-order valence-corrected chi connectivity index (χ2v) is 8.85. The normalized spacial score (nSPS) is 16.8. The highest BCUT2D eigenvalue weighted by Crippen LogP contribution is 2.35. The number of nitrogens with zero attached hydrogens (tertiary/aromatic N) is 1. The maximum atomic E-state index is 13.4. The summed E-state index contributed by atoms with van der Waals surface area (Å²) in [7, 11) is -2.28. The molecule has 5 nitrogen and oxygen atoms in total. The van der Waals surface area contributed by atoms with Crippen molar-refractivity contribution in [1.29, 1.82) is 0 Å². The lowest BCUT2D eigenvalue weighted by molar-refractivity contribution is 0.348. The molecule has 0 amide bonds. The van der Waals surface area contributed by atoms with Gasteiger partial charge < -0.3 is 10.2 Å². The van der Waals surface area contributed by atoms with Gasteiger partial charge in [-0.15, -0.1) is 4.41 Å². The van der Waals surface area contributed by atoms with Crippen LogP contribution in [-0.2, 0) is 10.0 Å². The van der Waals surface area contributed by atoms with Gasteiger partial charge in [0.25, 0.3) is 10.0 Å². The maximum absolute atomic E-state index is 13.4. The van der Waals surface area contributed by atoms with Crippen molar-refractivity contribution in [1.82, 2.24) is 9.84 Å². The summed E-state index contributed by atoms with van der Waals surface area (Å²) in [5.41, 5.74) is 6.11. The number of hydrogen-bond donors (Lipinski definition) is 1. The predicted molar refractivity (Wildman–Crippen MR) is 113 cm³/mol. The standard InChI is InChI=1S/C23H21FN2O3S/c1-16-3-13-21(14-4-16)30(27,28)26-23(18-5-9-19(24)10-6-18)15-22(25-26)17-7-11-20(29-2)12-8-17/h3-15,23,25H,1-2H3/t23-/m0/s1. The Balaban J connectivity index is 1.76. The second kappa shape index (κ2) is 7.93. The van der Waals surface area contributed by atoms with Crippen LogP contribution < -0.4 is 10.2 Å². The molecule has 1 N–H and O–H groups in total. The number of halogens is 1. The summed E-state index contributed by atoms with van der Waals surface area (Å²) in [4.78, 5) is 0.178. The first-order valence-corrected chi connectivity index (χ1v) is 10.8. The number of sulfonamides is 1. The van der Waals surface area contributed by atoms with Gasteiger partial charge in [-0.05, 0) is 72.7 Å². The molecule has 0 spiro atoms. The Morgan fingerprint density at radius 1 is 0.933 bits per heavy atom. The van der Waals surface area contributed by atoms with E-state index in [1.54, 1.807) is 43.5 Å². The van der Waals surface area contributed by atoms with Crippen molar-refractivity contribution in [2.24, 2.45) is 0 Å². The molecular weight excluding hydrogens is 403 g/mol. The lowest BCUT2D eigenvalue weighted by Crippen LogP contribution is -2.39. The van der Waals surface area contributed by atoms with Crippen LogP contribution in [0.2, 0.25) is 0 Å². The third kappa shape index (κ3) is 3.81. The van der Waals surface area contributed by atoms with Crippen LogP contribution in [0, 0.1) is 12.7 Å². The fourth-order valence-electron chi connectivity index (χ4n) is 3.31. The van der Waals surface area contributed by atoms with E-state index in [-0.39, 0.29) is 10.7 Å². The molecule has 3 aromatic carbocycles. The molecule has 1 atom stereocenters. The van der Waals surface area contributed by atoms with Crippen LogP contribution in [0.3, 0.4) is 0 Å². The molecule has 0 saturated carbocycles. The molecule has 0 unspecified atom stereocenters. The third-order valence-corrected chi connectivity index (χ3v) is 6.70. The average Bonchev–Trinajstić information content (AvgIpc) is 3.21. The van der Waals surface area contributed by atoms with Crippen molar-refractivity contribution in [3.05, 3.63) is 101 Å². The Hall–Kier alpha value is -3.16. The molecule has 0 aliphatic carbocycles. The largest absolute Gasteiger partial charge is 0.497 e. The minimum absolute atomic E-state index is 0.178. The fourth-order valence-corrected chi connectivity index (χ4v) is 4.71. The molecule has 0 bridgehead atoms. The Kier molecular flexibility index (Phi) is 5.32. The van der Waals surface area contributed by atoms with E-state index < -0.39 is 16.1 Å². The van der Waals surface area contributed by atoms with Crippen LogP contribution in [-0.4, -0.2) is 19.9 Å². The zero-order valence-corrected chi connectivity index (χ0v) is 17.4. The van der Waals surface area contributed by atoms with Crippen LogP contribution in [0.4, 0.5) is 4.39 Å². The third-order valence-electron chi connectivity index (χ3n) is 5.00. The molecule has 0 saturated heterocycles. The van der Waals surface area contributed by atoms with E-state index in [9.17, 15) is 12.8 Å². The van der Waals surface area contributed by atoms with Crippen LogP contribution in [0.25, 0.3) is 5.70 Å². The van der Waals surface area contributed by atoms with E-state index in [0.717, 1.165) is 11.1 Å². The first-order chi connectivity index (χ1) is 14.4. The zero-order valence-electron chi connectivity index (χ0n) is 16.5. The van der Waals surface area contributed by atoms with Crippen molar-refractivity contribution in [2.45, 2.75) is 17.9 Å². The minimum Gasteiger partial charge on any atom is -0.497 e. The molecule has 1 aliphatic rings. The van der Waals surface area contributed by atoms with Crippen molar-refractivity contribution in [2.75, 3.05) is 7.11 Å². The smallest absolute Gasteiger partial charge is 0.260 e. The van der Waals surface area contributed by atoms with Gasteiger partial charge in [0.15, 0.2) is 0 Å². The van der Waals surface area contributed by atoms with Crippen LogP contribution in [0.5, 0.6) is 5.75 Å². The van der Waals surface area contributed by atoms with Crippen LogP contribution in [0.1, 0.15) is 22.7 Å². The molecule has 4 rings (SSSR count). The predicted octanol–water partition coefficient (Wildman–Crippen LogP) is 4.43. The van der Waals surface area contributed by atoms with Gasteiger partial charge in [0.1, 0.15) is 11.6 Å². The SMILES string of the molecule is COc1ccc(C2=C[C@@H](c3ccc(F)cc3)N(S(=O)(=O)c3ccc(C)cc3)N2)cc1. The van der Waals surface area contributed by atoms with Gasteiger partial charge in [-0.1, -0.05) is 29.8 Å². The zero-order chi connectivity index (χ0) is 21.3. The lowest BCUT2D eigenvalue weighted by Gasteiger charge is -2.25. The highest BCUT2D eigenvalue weighted by atomic mass is 32.2. The number of rotatable bonds is 5. The highest BCUT2D eigenvalue weighted by molar-refractivity contribution is 7.89. The molecular formula is C23H21FN2O3S. The van der Waals surface area contributed by atoms with E-state index in [1.807, 2.05) is 37.3 Å². The first-order valence-electron chi connectivity index (χ1n) is 9.38. The Labute approximate surface area is 175 Å². The molecule has 1 aliphatic heterocycles. The first kappa shape index (κ1) is 20.1. The summed E-state index contributed by atoms with van der Waals surface area (Å²) in [5, 5.41) is 0. The number of hydrazine groups is 1. The number of nitrogens with one attached hydrogen (secondary N) is 1. The Morgan fingerprint density at radius 2 is 1.57 bits per heavy atom. The number of methoxy groups -OCH3 is 1. The molecule has 0 radical (unpaired) electrons. The summed E-state index contributed by atoms with van der Waals surface area (Å²) in [6, 6.07) is 19.2. The highest BCUT2D eigenvalue weighted by Gasteiger charge is 2.37. The molecule has 30 heavy (non-hydrogen) atoms. The average molecular weight is 424 g/mol. The van der Waals surface area contributed by atoms with Gasteiger partial charge >= 0.3 is 0 Å². The monoisotopic (exact) mass is 424 g/mol. The van der Waals surface area contributed by atoms with E-state index >= 15 is 0 Å². The van der Waals surface area contributed by atoms with Gasteiger partial charge in [0.05, 0.1) is 23.7 Å². The van der Waals surface area contributed by atoms with Gasteiger partial charge in [-0.2, -0.15) is 0 Å². The Bertz CT molecular complexity index is 1170. The van der Waals surface area contributed by atoms with Crippen LogP contribution >= 0.6 is 0 Å². The summed E-state index contributed by atoms with van der Waals surface area (Å²) < 4.78 is 46.7. The minimum atomic E-state index is -3.86. The number of hydrogen-bond acceptors (Lipinski definition) is 4. The number of ether oxygens (including phenoxy) is 1. The topological polar surface area (TPSA) is 58.6 Å². The van der Waals surface area contributed by atoms with Gasteiger partial charge in [-0.3, -0.25) is 0 Å². The molecule has 154 valence electrons. The second-order valence-electron chi connectivity index (χ2n) is 7.03. The summed E-state index contributed by atoms with van der Waals surface area (Å²) in [6.07, 6.45) is 1.82. The summed E-state index contributed by atoms with van der Waals surface area (Å²) >= 11 is 0.